The van der Waals surface area contributed by atoms with Crippen LogP contribution in [0, 0.1) is 0 Å². The maximum atomic E-state index is 11.1. The lowest BCUT2D eigenvalue weighted by atomic mass is 10.3. The number of amides is 1. The van der Waals surface area contributed by atoms with Gasteiger partial charge in [0.15, 0.2) is 0 Å². The molecule has 0 saturated heterocycles. The molecule has 4 heteroatoms. The van der Waals surface area contributed by atoms with E-state index in [4.69, 9.17) is 0 Å². The fourth-order valence-corrected chi connectivity index (χ4v) is 2.87. The number of fused-ring (bicyclic) bond motifs is 1. The number of carbonyl (C=O) groups excluding carboxylic acids is 1. The molecular weight excluding hydrogens is 250 g/mol. The van der Waals surface area contributed by atoms with Crippen LogP contribution in [0.2, 0.25) is 0 Å². The van der Waals surface area contributed by atoms with Crippen molar-refractivity contribution in [3.8, 4) is 0 Å². The lowest BCUT2D eigenvalue weighted by Crippen LogP contribution is -2.10. The molecule has 0 spiro atoms. The van der Waals surface area contributed by atoms with Gasteiger partial charge in [-0.05, 0) is 30.9 Å². The SMILES string of the molecule is O=C(CBr)Nc1cc2c(s1)CCC2. The van der Waals surface area contributed by atoms with Gasteiger partial charge >= 0.3 is 0 Å². The summed E-state index contributed by atoms with van der Waals surface area (Å²) in [4.78, 5) is 12.5. The van der Waals surface area contributed by atoms with Crippen LogP contribution in [0.5, 0.6) is 0 Å². The molecule has 0 fully saturated rings. The smallest absolute Gasteiger partial charge is 0.235 e. The van der Waals surface area contributed by atoms with Gasteiger partial charge in [-0.15, -0.1) is 11.3 Å². The normalized spacial score (nSPS) is 14.2. The number of rotatable bonds is 2. The predicted octanol–water partition coefficient (Wildman–Crippen LogP) is 2.57. The van der Waals surface area contributed by atoms with Gasteiger partial charge in [-0.3, -0.25) is 4.79 Å². The van der Waals surface area contributed by atoms with Crippen LogP contribution in [-0.2, 0) is 17.6 Å². The van der Waals surface area contributed by atoms with E-state index < -0.39 is 0 Å². The van der Waals surface area contributed by atoms with Gasteiger partial charge in [-0.25, -0.2) is 0 Å². The molecule has 1 aliphatic carbocycles. The number of thiophene rings is 1. The Hall–Kier alpha value is -0.350. The van der Waals surface area contributed by atoms with Crippen molar-refractivity contribution < 1.29 is 4.79 Å². The molecule has 70 valence electrons. The Balaban J connectivity index is 2.10. The summed E-state index contributed by atoms with van der Waals surface area (Å²) >= 11 is 4.83. The topological polar surface area (TPSA) is 29.1 Å². The number of hydrogen-bond acceptors (Lipinski definition) is 2. The first-order chi connectivity index (χ1) is 6.29. The summed E-state index contributed by atoms with van der Waals surface area (Å²) in [5, 5.41) is 4.22. The minimum atomic E-state index is 0.0277. The molecule has 1 aromatic rings. The number of nitrogens with one attached hydrogen (secondary N) is 1. The van der Waals surface area contributed by atoms with E-state index in [1.54, 1.807) is 11.3 Å². The maximum Gasteiger partial charge on any atom is 0.235 e. The standard InChI is InChI=1S/C9H10BrNOS/c10-5-8(12)11-9-4-6-2-1-3-7(6)13-9/h4H,1-3,5H2,(H,11,12). The van der Waals surface area contributed by atoms with E-state index in [0.717, 1.165) is 5.00 Å². The lowest BCUT2D eigenvalue weighted by Gasteiger charge is -1.97. The second-order valence-corrected chi connectivity index (χ2v) is 4.79. The van der Waals surface area contributed by atoms with Gasteiger partial charge in [0, 0.05) is 4.88 Å². The van der Waals surface area contributed by atoms with Crippen LogP contribution in [0.15, 0.2) is 6.07 Å². The summed E-state index contributed by atoms with van der Waals surface area (Å²) in [6.45, 7) is 0. The highest BCUT2D eigenvalue weighted by atomic mass is 79.9. The molecule has 13 heavy (non-hydrogen) atoms. The molecule has 0 bridgehead atoms. The highest BCUT2D eigenvalue weighted by Gasteiger charge is 2.15. The van der Waals surface area contributed by atoms with E-state index in [-0.39, 0.29) is 5.91 Å². The second-order valence-electron chi connectivity index (χ2n) is 3.09. The molecule has 2 nitrogen and oxygen atoms in total. The first-order valence-electron chi connectivity index (χ1n) is 4.27. The molecule has 0 aromatic carbocycles. The lowest BCUT2D eigenvalue weighted by molar-refractivity contribution is -0.113. The van der Waals surface area contributed by atoms with Crippen LogP contribution >= 0.6 is 27.3 Å². The van der Waals surface area contributed by atoms with Gasteiger partial charge in [-0.2, -0.15) is 0 Å². The molecule has 1 aromatic heterocycles. The minimum absolute atomic E-state index is 0.0277. The quantitative estimate of drug-likeness (QED) is 0.813. The van der Waals surface area contributed by atoms with Crippen molar-refractivity contribution in [1.29, 1.82) is 0 Å². The highest BCUT2D eigenvalue weighted by Crippen LogP contribution is 2.33. The average Bonchev–Trinajstić information content (AvgIpc) is 2.63. The van der Waals surface area contributed by atoms with E-state index >= 15 is 0 Å². The zero-order chi connectivity index (χ0) is 9.26. The summed E-state index contributed by atoms with van der Waals surface area (Å²) in [6, 6.07) is 2.10. The number of anilines is 1. The summed E-state index contributed by atoms with van der Waals surface area (Å²) in [5.74, 6) is 0.0277. The number of hydrogen-bond donors (Lipinski definition) is 1. The Morgan fingerprint density at radius 3 is 3.15 bits per heavy atom. The van der Waals surface area contributed by atoms with Gasteiger partial charge in [0.2, 0.25) is 5.91 Å². The van der Waals surface area contributed by atoms with E-state index in [9.17, 15) is 4.79 Å². The molecular formula is C9H10BrNOS. The third kappa shape index (κ3) is 1.94. The van der Waals surface area contributed by atoms with Crippen molar-refractivity contribution in [2.24, 2.45) is 0 Å². The van der Waals surface area contributed by atoms with E-state index in [2.05, 4.69) is 27.3 Å². The van der Waals surface area contributed by atoms with Gasteiger partial charge < -0.3 is 5.32 Å². The van der Waals surface area contributed by atoms with Crippen molar-refractivity contribution in [1.82, 2.24) is 0 Å². The molecule has 2 rings (SSSR count). The summed E-state index contributed by atoms with van der Waals surface area (Å²) in [6.07, 6.45) is 3.63. The van der Waals surface area contributed by atoms with Crippen molar-refractivity contribution in [2.45, 2.75) is 19.3 Å². The van der Waals surface area contributed by atoms with Gasteiger partial charge in [0.25, 0.3) is 0 Å². The van der Waals surface area contributed by atoms with Crippen LogP contribution in [0.25, 0.3) is 0 Å². The van der Waals surface area contributed by atoms with Crippen molar-refractivity contribution in [3.63, 3.8) is 0 Å². The highest BCUT2D eigenvalue weighted by molar-refractivity contribution is 9.09. The zero-order valence-corrected chi connectivity index (χ0v) is 9.50. The summed E-state index contributed by atoms with van der Waals surface area (Å²) in [5.41, 5.74) is 1.43. The molecule has 0 atom stereocenters. The van der Waals surface area contributed by atoms with E-state index in [1.165, 1.54) is 29.7 Å². The fourth-order valence-electron chi connectivity index (χ4n) is 1.56. The van der Waals surface area contributed by atoms with Gasteiger partial charge in [-0.1, -0.05) is 15.9 Å². The minimum Gasteiger partial charge on any atom is -0.317 e. The van der Waals surface area contributed by atoms with Crippen LogP contribution in [-0.4, -0.2) is 11.2 Å². The van der Waals surface area contributed by atoms with Gasteiger partial charge in [0.05, 0.1) is 10.3 Å². The van der Waals surface area contributed by atoms with Crippen LogP contribution in [0.4, 0.5) is 5.00 Å². The molecule has 1 N–H and O–H groups in total. The number of aryl methyl sites for hydroxylation is 2. The summed E-state index contributed by atoms with van der Waals surface area (Å²) < 4.78 is 0. The zero-order valence-electron chi connectivity index (χ0n) is 7.10. The second kappa shape index (κ2) is 3.80. The largest absolute Gasteiger partial charge is 0.317 e. The third-order valence-corrected chi connectivity index (χ3v) is 3.79. The van der Waals surface area contributed by atoms with Gasteiger partial charge in [0.1, 0.15) is 0 Å². The molecule has 0 radical (unpaired) electrons. The Morgan fingerprint density at radius 1 is 1.62 bits per heavy atom. The summed E-state index contributed by atoms with van der Waals surface area (Å²) in [7, 11) is 0. The van der Waals surface area contributed by atoms with E-state index in [0.29, 0.717) is 5.33 Å². The maximum absolute atomic E-state index is 11.1. The average molecular weight is 260 g/mol. The predicted molar refractivity (Wildman–Crippen MR) is 58.8 cm³/mol. The monoisotopic (exact) mass is 259 g/mol. The third-order valence-electron chi connectivity index (χ3n) is 2.13. The van der Waals surface area contributed by atoms with Crippen LogP contribution in [0.3, 0.4) is 0 Å². The Morgan fingerprint density at radius 2 is 2.46 bits per heavy atom. The number of carbonyl (C=O) groups is 1. The Bertz CT molecular complexity index is 313. The van der Waals surface area contributed by atoms with Crippen LogP contribution in [0.1, 0.15) is 16.9 Å². The molecule has 1 heterocycles. The van der Waals surface area contributed by atoms with Crippen molar-refractivity contribution >= 4 is 38.2 Å². The molecule has 0 aliphatic heterocycles. The first kappa shape index (κ1) is 9.21. The van der Waals surface area contributed by atoms with Crippen molar-refractivity contribution in [3.05, 3.63) is 16.5 Å². The van der Waals surface area contributed by atoms with E-state index in [1.807, 2.05) is 0 Å². The number of halogens is 1. The first-order valence-corrected chi connectivity index (χ1v) is 6.21. The molecule has 0 unspecified atom stereocenters. The molecule has 1 amide bonds. The molecule has 1 aliphatic rings. The molecule has 0 saturated carbocycles. The fraction of sp³-hybridized carbons (Fsp3) is 0.444. The number of alkyl halides is 1. The van der Waals surface area contributed by atoms with Crippen LogP contribution < -0.4 is 5.32 Å². The van der Waals surface area contributed by atoms with Crippen molar-refractivity contribution in [2.75, 3.05) is 10.6 Å². The Kier molecular flexibility index (Phi) is 2.69. The Labute approximate surface area is 89.5 Å².